The number of nitrogens with zero attached hydrogens (tertiary/aromatic N) is 3. The first-order valence-electron chi connectivity index (χ1n) is 5.32. The van der Waals surface area contributed by atoms with Crippen LogP contribution >= 0.6 is 22.9 Å². The summed E-state index contributed by atoms with van der Waals surface area (Å²) < 4.78 is 0. The Labute approximate surface area is 118 Å². The third kappa shape index (κ3) is 2.72. The first-order valence-corrected chi connectivity index (χ1v) is 6.51. The molecule has 0 bridgehead atoms. The molecule has 2 heterocycles. The Morgan fingerprint density at radius 3 is 2.74 bits per heavy atom. The van der Waals surface area contributed by atoms with Crippen molar-refractivity contribution >= 4 is 33.8 Å². The fraction of sp³-hybridized carbons (Fsp3) is 0.167. The highest BCUT2D eigenvalue weighted by molar-refractivity contribution is 7.16. The highest BCUT2D eigenvalue weighted by Crippen LogP contribution is 2.31. The van der Waals surface area contributed by atoms with Gasteiger partial charge in [-0.3, -0.25) is 4.79 Å². The Hall–Kier alpha value is -1.97. The predicted octanol–water partition coefficient (Wildman–Crippen LogP) is 2.93. The summed E-state index contributed by atoms with van der Waals surface area (Å²) in [6.07, 6.45) is 2.59. The molecule has 19 heavy (non-hydrogen) atoms. The van der Waals surface area contributed by atoms with Crippen molar-refractivity contribution in [2.75, 3.05) is 5.32 Å². The van der Waals surface area contributed by atoms with Crippen LogP contribution < -0.4 is 5.32 Å². The molecule has 0 aromatic carbocycles. The average molecular weight is 293 g/mol. The molecule has 5 nitrogen and oxygen atoms in total. The molecule has 0 spiro atoms. The van der Waals surface area contributed by atoms with Crippen molar-refractivity contribution in [2.24, 2.45) is 0 Å². The lowest BCUT2D eigenvalue weighted by Gasteiger charge is -2.02. The molecule has 2 aromatic rings. The Balaban J connectivity index is 2.27. The number of carbonyl (C=O) groups excluding carboxylic acids is 1. The van der Waals surface area contributed by atoms with Gasteiger partial charge in [-0.05, 0) is 19.4 Å². The highest BCUT2D eigenvalue weighted by atomic mass is 35.5. The van der Waals surface area contributed by atoms with E-state index in [1.54, 1.807) is 0 Å². The molecule has 1 N–H and O–H groups in total. The quantitative estimate of drug-likeness (QED) is 0.923. The molecular weight excluding hydrogens is 284 g/mol. The van der Waals surface area contributed by atoms with Crippen molar-refractivity contribution in [1.29, 1.82) is 5.26 Å². The lowest BCUT2D eigenvalue weighted by molar-refractivity contribution is 0.102. The smallest absolute Gasteiger partial charge is 0.276 e. The normalized spacial score (nSPS) is 10.0. The third-order valence-corrected chi connectivity index (χ3v) is 3.90. The lowest BCUT2D eigenvalue weighted by Crippen LogP contribution is -2.13. The molecule has 1 amide bonds. The minimum absolute atomic E-state index is 0.150. The highest BCUT2D eigenvalue weighted by Gasteiger charge is 2.16. The second-order valence-corrected chi connectivity index (χ2v) is 5.39. The van der Waals surface area contributed by atoms with Crippen LogP contribution in [0.3, 0.4) is 0 Å². The Morgan fingerprint density at radius 2 is 2.16 bits per heavy atom. The molecule has 0 atom stereocenters. The van der Waals surface area contributed by atoms with Crippen molar-refractivity contribution in [3.05, 3.63) is 39.2 Å². The van der Waals surface area contributed by atoms with Gasteiger partial charge in [0.15, 0.2) is 0 Å². The lowest BCUT2D eigenvalue weighted by atomic mass is 10.2. The summed E-state index contributed by atoms with van der Waals surface area (Å²) in [5.41, 5.74) is 1.51. The average Bonchev–Trinajstić information content (AvgIpc) is 2.65. The first-order chi connectivity index (χ1) is 9.02. The number of nitriles is 1. The maximum atomic E-state index is 12.0. The monoisotopic (exact) mass is 292 g/mol. The zero-order chi connectivity index (χ0) is 14.0. The SMILES string of the molecule is Cc1sc(NC(=O)c2cnc(Cl)cn2)c(C#N)c1C. The molecular formula is C12H9ClN4OS. The van der Waals surface area contributed by atoms with Crippen LogP contribution in [0, 0.1) is 25.2 Å². The fourth-order valence-corrected chi connectivity index (χ4v) is 2.55. The minimum atomic E-state index is -0.415. The van der Waals surface area contributed by atoms with Crippen molar-refractivity contribution in [3.8, 4) is 6.07 Å². The number of amides is 1. The van der Waals surface area contributed by atoms with Crippen LogP contribution in [-0.2, 0) is 0 Å². The van der Waals surface area contributed by atoms with Gasteiger partial charge in [0.2, 0.25) is 0 Å². The number of hydrogen-bond acceptors (Lipinski definition) is 5. The van der Waals surface area contributed by atoms with Gasteiger partial charge in [-0.1, -0.05) is 11.6 Å². The molecule has 0 aliphatic carbocycles. The maximum absolute atomic E-state index is 12.0. The topological polar surface area (TPSA) is 78.7 Å². The third-order valence-electron chi connectivity index (χ3n) is 2.58. The largest absolute Gasteiger partial charge is 0.311 e. The second-order valence-electron chi connectivity index (χ2n) is 3.78. The summed E-state index contributed by atoms with van der Waals surface area (Å²) in [7, 11) is 0. The number of aryl methyl sites for hydroxylation is 1. The van der Waals surface area contributed by atoms with Gasteiger partial charge in [-0.25, -0.2) is 9.97 Å². The van der Waals surface area contributed by atoms with E-state index in [4.69, 9.17) is 16.9 Å². The number of carbonyl (C=O) groups is 1. The molecule has 0 fully saturated rings. The van der Waals surface area contributed by atoms with Gasteiger partial charge >= 0.3 is 0 Å². The summed E-state index contributed by atoms with van der Waals surface area (Å²) >= 11 is 6.97. The van der Waals surface area contributed by atoms with E-state index in [0.29, 0.717) is 10.6 Å². The standard InChI is InChI=1S/C12H9ClN4OS/c1-6-7(2)19-12(8(6)3-14)17-11(18)9-4-16-10(13)5-15-9/h4-5H,1-2H3,(H,17,18). The van der Waals surface area contributed by atoms with Crippen molar-refractivity contribution in [2.45, 2.75) is 13.8 Å². The molecule has 0 aliphatic heterocycles. The van der Waals surface area contributed by atoms with Gasteiger partial charge in [0, 0.05) is 4.88 Å². The van der Waals surface area contributed by atoms with Gasteiger partial charge in [-0.15, -0.1) is 11.3 Å². The summed E-state index contributed by atoms with van der Waals surface area (Å²) in [6.45, 7) is 3.75. The Morgan fingerprint density at radius 1 is 1.42 bits per heavy atom. The van der Waals surface area contributed by atoms with E-state index in [1.807, 2.05) is 13.8 Å². The van der Waals surface area contributed by atoms with Crippen molar-refractivity contribution in [1.82, 2.24) is 9.97 Å². The van der Waals surface area contributed by atoms with Gasteiger partial charge in [0.1, 0.15) is 21.9 Å². The van der Waals surface area contributed by atoms with E-state index in [1.165, 1.54) is 23.7 Å². The van der Waals surface area contributed by atoms with Crippen LogP contribution in [0.5, 0.6) is 0 Å². The number of anilines is 1. The molecule has 0 aliphatic rings. The van der Waals surface area contributed by atoms with Crippen molar-refractivity contribution < 1.29 is 4.79 Å². The number of halogens is 1. The molecule has 0 radical (unpaired) electrons. The van der Waals surface area contributed by atoms with Crippen LogP contribution in [0.4, 0.5) is 5.00 Å². The molecule has 0 saturated carbocycles. The van der Waals surface area contributed by atoms with Crippen LogP contribution in [-0.4, -0.2) is 15.9 Å². The molecule has 2 aromatic heterocycles. The summed E-state index contributed by atoms with van der Waals surface area (Å²) in [5, 5.41) is 12.5. The summed E-state index contributed by atoms with van der Waals surface area (Å²) in [5.74, 6) is -0.415. The van der Waals surface area contributed by atoms with E-state index in [0.717, 1.165) is 10.4 Å². The Bertz CT molecular complexity index is 672. The molecule has 7 heteroatoms. The van der Waals surface area contributed by atoms with E-state index in [2.05, 4.69) is 21.4 Å². The second kappa shape index (κ2) is 5.34. The van der Waals surface area contributed by atoms with E-state index in [-0.39, 0.29) is 10.8 Å². The molecule has 96 valence electrons. The van der Waals surface area contributed by atoms with Crippen LogP contribution in [0.25, 0.3) is 0 Å². The van der Waals surface area contributed by atoms with E-state index in [9.17, 15) is 4.79 Å². The number of aromatic nitrogens is 2. The van der Waals surface area contributed by atoms with Gasteiger partial charge in [-0.2, -0.15) is 5.26 Å². The molecule has 0 unspecified atom stereocenters. The number of thiophene rings is 1. The number of nitrogens with one attached hydrogen (secondary N) is 1. The zero-order valence-electron chi connectivity index (χ0n) is 10.2. The van der Waals surface area contributed by atoms with Crippen LogP contribution in [0.15, 0.2) is 12.4 Å². The maximum Gasteiger partial charge on any atom is 0.276 e. The van der Waals surface area contributed by atoms with Gasteiger partial charge in [0.25, 0.3) is 5.91 Å². The van der Waals surface area contributed by atoms with Gasteiger partial charge in [0.05, 0.1) is 18.0 Å². The Kier molecular flexibility index (Phi) is 3.79. The van der Waals surface area contributed by atoms with Crippen molar-refractivity contribution in [3.63, 3.8) is 0 Å². The number of rotatable bonds is 2. The minimum Gasteiger partial charge on any atom is -0.311 e. The summed E-state index contributed by atoms with van der Waals surface area (Å²) in [4.78, 5) is 20.6. The van der Waals surface area contributed by atoms with E-state index < -0.39 is 5.91 Å². The van der Waals surface area contributed by atoms with E-state index >= 15 is 0 Å². The van der Waals surface area contributed by atoms with Crippen LogP contribution in [0.2, 0.25) is 5.15 Å². The number of hydrogen-bond donors (Lipinski definition) is 1. The molecule has 0 saturated heterocycles. The zero-order valence-corrected chi connectivity index (χ0v) is 11.8. The first kappa shape index (κ1) is 13.5. The molecule has 2 rings (SSSR count). The summed E-state index contributed by atoms with van der Waals surface area (Å²) in [6, 6.07) is 2.09. The van der Waals surface area contributed by atoms with Crippen LogP contribution in [0.1, 0.15) is 26.5 Å². The predicted molar refractivity (Wildman–Crippen MR) is 73.5 cm³/mol. The van der Waals surface area contributed by atoms with Gasteiger partial charge < -0.3 is 5.32 Å². The fourth-order valence-electron chi connectivity index (χ4n) is 1.45.